The monoisotopic (exact) mass is 1020 g/mol. The molecule has 0 spiro atoms. The third-order valence-corrected chi connectivity index (χ3v) is 14.5. The molecule has 1 aromatic carbocycles. The summed E-state index contributed by atoms with van der Waals surface area (Å²) in [4.78, 5) is 25.6. The smallest absolute Gasteiger partial charge is 0.332 e. The fraction of sp³-hybridized carbons (Fsp3) is 0.783. The SMILES string of the molecule is CCC1CC(CO[C@H]2OC(CO)[C@@H](O)C(n3cc(-c4cc(F)c(F)c(F)c4)nn3)C2O)C[C@@H](O[C@@H]2OC(CO)[C@H](O)C(O[C@@H](CC3CCCCC3)C(=O)O)C2NC(C)=O)C1O[C@@H]1OC(C)[C@@H](O)C(O)C1O. The number of rotatable bonds is 18. The van der Waals surface area contributed by atoms with Gasteiger partial charge >= 0.3 is 5.97 Å². The number of carbonyl (C=O) groups excluding carboxylic acids is 1. The highest BCUT2D eigenvalue weighted by atomic mass is 19.2. The minimum Gasteiger partial charge on any atom is -0.479 e. The maximum atomic E-state index is 14.1. The Hall–Kier alpha value is -3.51. The van der Waals surface area contributed by atoms with Crippen molar-refractivity contribution in [2.75, 3.05) is 19.8 Å². The summed E-state index contributed by atoms with van der Waals surface area (Å²) >= 11 is 0. The quantitative estimate of drug-likeness (QED) is 0.0864. The van der Waals surface area contributed by atoms with Crippen molar-refractivity contribution in [3.8, 4) is 11.3 Å². The van der Waals surface area contributed by atoms with Crippen LogP contribution in [0.2, 0.25) is 0 Å². The van der Waals surface area contributed by atoms with Gasteiger partial charge in [0.15, 0.2) is 42.4 Å². The van der Waals surface area contributed by atoms with Gasteiger partial charge < -0.3 is 84.4 Å². The predicted octanol–water partition coefficient (Wildman–Crippen LogP) is -0.215. The number of benzene rings is 1. The number of ether oxygens (including phenoxy) is 7. The van der Waals surface area contributed by atoms with Crippen molar-refractivity contribution in [2.45, 2.75) is 189 Å². The first-order chi connectivity index (χ1) is 33.8. The van der Waals surface area contributed by atoms with Gasteiger partial charge in [0.05, 0.1) is 44.3 Å². The Kier molecular flexibility index (Phi) is 18.9. The molecule has 5 fully saturated rings. The van der Waals surface area contributed by atoms with E-state index in [1.165, 1.54) is 13.8 Å². The third-order valence-electron chi connectivity index (χ3n) is 14.5. The van der Waals surface area contributed by atoms with Crippen LogP contribution < -0.4 is 5.32 Å². The molecule has 0 bridgehead atoms. The summed E-state index contributed by atoms with van der Waals surface area (Å²) in [5.74, 6) is -7.55. The Labute approximate surface area is 406 Å². The Morgan fingerprint density at radius 3 is 2.11 bits per heavy atom. The van der Waals surface area contributed by atoms with Crippen molar-refractivity contribution in [3.05, 3.63) is 35.8 Å². The van der Waals surface area contributed by atoms with Gasteiger partial charge in [0.1, 0.15) is 72.7 Å². The lowest BCUT2D eigenvalue weighted by Crippen LogP contribution is -2.67. The molecule has 3 aliphatic heterocycles. The van der Waals surface area contributed by atoms with Crippen molar-refractivity contribution < 1.29 is 102 Å². The maximum absolute atomic E-state index is 14.1. The normalized spacial score (nSPS) is 38.7. The number of amides is 1. The minimum absolute atomic E-state index is 0.0180. The highest BCUT2D eigenvalue weighted by molar-refractivity contribution is 5.73. The Balaban J connectivity index is 1.15. The summed E-state index contributed by atoms with van der Waals surface area (Å²) < 4.78 is 86.3. The van der Waals surface area contributed by atoms with Crippen LogP contribution in [-0.2, 0) is 42.7 Å². The summed E-state index contributed by atoms with van der Waals surface area (Å²) in [6.07, 6.45) is -16.8. The van der Waals surface area contributed by atoms with Crippen molar-refractivity contribution in [1.82, 2.24) is 20.3 Å². The Bertz CT molecular complexity index is 2050. The molecule has 20 atom stereocenters. The molecule has 71 heavy (non-hydrogen) atoms. The van der Waals surface area contributed by atoms with Gasteiger partial charge in [-0.1, -0.05) is 50.7 Å². The van der Waals surface area contributed by atoms with Gasteiger partial charge in [-0.05, 0) is 56.1 Å². The fourth-order valence-corrected chi connectivity index (χ4v) is 10.6. The van der Waals surface area contributed by atoms with E-state index in [0.717, 1.165) is 43.0 Å². The molecule has 2 aliphatic carbocycles. The molecule has 7 rings (SSSR count). The predicted molar refractivity (Wildman–Crippen MR) is 234 cm³/mol. The maximum Gasteiger partial charge on any atom is 0.332 e. The van der Waals surface area contributed by atoms with Crippen LogP contribution >= 0.6 is 0 Å². The fourth-order valence-electron chi connectivity index (χ4n) is 10.6. The molecule has 3 saturated heterocycles. The topological polar surface area (TPSA) is 324 Å². The van der Waals surface area contributed by atoms with Crippen LogP contribution in [0, 0.1) is 35.2 Å². The first-order valence-electron chi connectivity index (χ1n) is 24.2. The minimum atomic E-state index is -1.73. The number of nitrogens with one attached hydrogen (secondary N) is 1. The number of aliphatic hydroxyl groups is 8. The number of aliphatic carboxylic acids is 1. The van der Waals surface area contributed by atoms with Crippen LogP contribution in [-0.4, -0.2) is 197 Å². The van der Waals surface area contributed by atoms with Gasteiger partial charge in [-0.15, -0.1) is 5.10 Å². The number of hydrogen-bond donors (Lipinski definition) is 10. The first-order valence-corrected chi connectivity index (χ1v) is 24.2. The number of carboxylic acid groups (broad SMARTS) is 1. The second kappa shape index (κ2) is 24.2. The summed E-state index contributed by atoms with van der Waals surface area (Å²) in [6, 6.07) is -1.41. The zero-order chi connectivity index (χ0) is 51.4. The highest BCUT2D eigenvalue weighted by Gasteiger charge is 2.53. The molecule has 1 aromatic heterocycles. The standard InChI is InChI=1S/C46H67F3N4O18/c1-4-23-10-22(18-65-45-38(60)34(36(58)30(16-54)70-45)53-15-27(51-52-53)24-13-25(47)32(49)26(48)14-24)12-28(41(23)71-46-40(62)39(61)35(57)19(2)66-46)68-44-33(50-20(3)56)42(37(59)31(17-55)69-44)67-29(43(63)64)11-21-8-6-5-7-9-21/h13-15,19,21-23,28-31,33-42,44-46,54-55,57-62H,4-12,16-18H2,1-3H3,(H,50,56)(H,63,64)/t19?,22?,23?,28-,29+,30?,31?,33?,34?,35-,36-,37+,38?,39?,40?,41?,42?,44-,45+,46+/m1/s1. The Morgan fingerprint density at radius 1 is 0.817 bits per heavy atom. The largest absolute Gasteiger partial charge is 0.479 e. The van der Waals surface area contributed by atoms with Gasteiger partial charge in [-0.3, -0.25) is 4.79 Å². The number of aromatic nitrogens is 3. The van der Waals surface area contributed by atoms with E-state index in [1.807, 2.05) is 6.92 Å². The average molecular weight is 1020 g/mol. The van der Waals surface area contributed by atoms with Gasteiger partial charge in [0.2, 0.25) is 5.91 Å². The summed E-state index contributed by atoms with van der Waals surface area (Å²) in [6.45, 7) is 2.78. The van der Waals surface area contributed by atoms with Crippen molar-refractivity contribution in [1.29, 1.82) is 0 Å². The molecule has 10 N–H and O–H groups in total. The molecule has 2 saturated carbocycles. The van der Waals surface area contributed by atoms with E-state index in [1.54, 1.807) is 0 Å². The third kappa shape index (κ3) is 12.5. The molecule has 12 unspecified atom stereocenters. The molecule has 1 amide bonds. The molecule has 400 valence electrons. The lowest BCUT2D eigenvalue weighted by atomic mass is 9.76. The van der Waals surface area contributed by atoms with Crippen molar-refractivity contribution in [2.24, 2.45) is 17.8 Å². The van der Waals surface area contributed by atoms with E-state index in [-0.39, 0.29) is 36.6 Å². The molecule has 5 aliphatic rings. The number of carbonyl (C=O) groups is 2. The van der Waals surface area contributed by atoms with Gasteiger partial charge in [-0.25, -0.2) is 22.6 Å². The lowest BCUT2D eigenvalue weighted by Gasteiger charge is -2.49. The molecular formula is C46H67F3N4O18. The zero-order valence-corrected chi connectivity index (χ0v) is 39.5. The summed E-state index contributed by atoms with van der Waals surface area (Å²) in [7, 11) is 0. The number of aliphatic hydroxyl groups excluding tert-OH is 8. The van der Waals surface area contributed by atoms with Gasteiger partial charge in [0.25, 0.3) is 0 Å². The van der Waals surface area contributed by atoms with Gasteiger partial charge in [-0.2, -0.15) is 0 Å². The van der Waals surface area contributed by atoms with Crippen LogP contribution in [0.15, 0.2) is 18.3 Å². The number of nitrogens with zero attached hydrogens (tertiary/aromatic N) is 3. The number of carboxylic acids is 1. The number of halogens is 3. The lowest BCUT2D eigenvalue weighted by molar-refractivity contribution is -0.340. The molecule has 22 nitrogen and oxygen atoms in total. The van der Waals surface area contributed by atoms with E-state index >= 15 is 0 Å². The first kappa shape index (κ1) is 55.2. The van der Waals surface area contributed by atoms with Gasteiger partial charge in [0, 0.05) is 12.5 Å². The van der Waals surface area contributed by atoms with Crippen LogP contribution in [0.25, 0.3) is 11.3 Å². The second-order valence-electron chi connectivity index (χ2n) is 19.4. The van der Waals surface area contributed by atoms with E-state index in [0.29, 0.717) is 25.0 Å². The highest BCUT2D eigenvalue weighted by Crippen LogP contribution is 2.41. The molecule has 2 aromatic rings. The van der Waals surface area contributed by atoms with Crippen LogP contribution in [0.3, 0.4) is 0 Å². The molecule has 25 heteroatoms. The van der Waals surface area contributed by atoms with Crippen LogP contribution in [0.1, 0.15) is 84.6 Å². The summed E-state index contributed by atoms with van der Waals surface area (Å²) in [5, 5.41) is 108. The molecular weight excluding hydrogens is 954 g/mol. The van der Waals surface area contributed by atoms with Crippen LogP contribution in [0.5, 0.6) is 0 Å². The van der Waals surface area contributed by atoms with Crippen LogP contribution in [0.4, 0.5) is 13.2 Å². The summed E-state index contributed by atoms with van der Waals surface area (Å²) in [5.41, 5.74) is -0.340. The number of hydrogen-bond acceptors (Lipinski definition) is 19. The van der Waals surface area contributed by atoms with E-state index in [9.17, 15) is 68.7 Å². The average Bonchev–Trinajstić information content (AvgIpc) is 3.83. The molecule has 4 heterocycles. The van der Waals surface area contributed by atoms with Crippen molar-refractivity contribution in [3.63, 3.8) is 0 Å². The zero-order valence-electron chi connectivity index (χ0n) is 39.5. The second-order valence-corrected chi connectivity index (χ2v) is 19.4. The Morgan fingerprint density at radius 2 is 1.48 bits per heavy atom. The van der Waals surface area contributed by atoms with E-state index < -0.39 is 165 Å². The van der Waals surface area contributed by atoms with Crippen molar-refractivity contribution >= 4 is 11.9 Å². The van der Waals surface area contributed by atoms with E-state index in [4.69, 9.17) is 33.2 Å². The molecule has 0 radical (unpaired) electrons. The van der Waals surface area contributed by atoms with E-state index in [2.05, 4.69) is 15.6 Å².